The van der Waals surface area contributed by atoms with Crippen molar-refractivity contribution in [3.05, 3.63) is 23.9 Å². The van der Waals surface area contributed by atoms with Gasteiger partial charge in [0.2, 0.25) is 0 Å². The molecule has 0 bridgehead atoms. The van der Waals surface area contributed by atoms with Crippen molar-refractivity contribution in [1.29, 1.82) is 0 Å². The van der Waals surface area contributed by atoms with Crippen LogP contribution in [0.2, 0.25) is 0 Å². The summed E-state index contributed by atoms with van der Waals surface area (Å²) in [5.74, 6) is 1.37. The van der Waals surface area contributed by atoms with Crippen molar-refractivity contribution in [2.75, 3.05) is 18.8 Å². The van der Waals surface area contributed by atoms with Gasteiger partial charge in [-0.2, -0.15) is 0 Å². The maximum absolute atomic E-state index is 5.64. The lowest BCUT2D eigenvalue weighted by Gasteiger charge is -2.22. The monoisotopic (exact) mass is 191 g/mol. The molecule has 2 rings (SSSR count). The lowest BCUT2D eigenvalue weighted by Crippen LogP contribution is -2.31. The average Bonchev–Trinajstić information content (AvgIpc) is 2.19. The Morgan fingerprint density at radius 3 is 3.14 bits per heavy atom. The van der Waals surface area contributed by atoms with E-state index in [2.05, 4.69) is 16.4 Å². The summed E-state index contributed by atoms with van der Waals surface area (Å²) in [7, 11) is 0. The van der Waals surface area contributed by atoms with Crippen molar-refractivity contribution in [3.8, 4) is 0 Å². The van der Waals surface area contributed by atoms with E-state index < -0.39 is 0 Å². The van der Waals surface area contributed by atoms with Gasteiger partial charge in [-0.05, 0) is 50.4 Å². The van der Waals surface area contributed by atoms with Crippen LogP contribution in [0.3, 0.4) is 0 Å². The Morgan fingerprint density at radius 1 is 1.50 bits per heavy atom. The molecule has 76 valence electrons. The zero-order valence-corrected chi connectivity index (χ0v) is 8.37. The number of rotatable bonds is 2. The molecule has 1 saturated heterocycles. The Balaban J connectivity index is 1.95. The Hall–Kier alpha value is -1.09. The number of pyridine rings is 1. The molecule has 2 heterocycles. The molecule has 0 aliphatic carbocycles. The molecule has 0 radical (unpaired) electrons. The van der Waals surface area contributed by atoms with E-state index in [1.54, 1.807) is 0 Å². The van der Waals surface area contributed by atoms with Crippen molar-refractivity contribution in [1.82, 2.24) is 10.3 Å². The smallest absolute Gasteiger partial charge is 0.123 e. The van der Waals surface area contributed by atoms with Crippen molar-refractivity contribution < 1.29 is 0 Å². The molecule has 1 aliphatic heterocycles. The predicted molar refractivity (Wildman–Crippen MR) is 57.9 cm³/mol. The fraction of sp³-hybridized carbons (Fsp3) is 0.545. The molecule has 1 atom stereocenters. The number of nitrogen functional groups attached to an aromatic ring is 1. The summed E-state index contributed by atoms with van der Waals surface area (Å²) in [4.78, 5) is 4.32. The summed E-state index contributed by atoms with van der Waals surface area (Å²) >= 11 is 0. The zero-order valence-electron chi connectivity index (χ0n) is 8.37. The van der Waals surface area contributed by atoms with E-state index in [0.29, 0.717) is 5.82 Å². The van der Waals surface area contributed by atoms with Crippen molar-refractivity contribution >= 4 is 5.82 Å². The van der Waals surface area contributed by atoms with E-state index >= 15 is 0 Å². The van der Waals surface area contributed by atoms with E-state index in [4.69, 9.17) is 5.73 Å². The predicted octanol–water partition coefficient (Wildman–Crippen LogP) is 1.21. The molecule has 3 nitrogen and oxygen atoms in total. The highest BCUT2D eigenvalue weighted by Crippen LogP contribution is 2.15. The first kappa shape index (κ1) is 9.46. The normalized spacial score (nSPS) is 22.1. The van der Waals surface area contributed by atoms with Gasteiger partial charge in [0.1, 0.15) is 5.82 Å². The van der Waals surface area contributed by atoms with Gasteiger partial charge in [-0.1, -0.05) is 6.07 Å². The van der Waals surface area contributed by atoms with Crippen LogP contribution < -0.4 is 11.1 Å². The van der Waals surface area contributed by atoms with E-state index in [9.17, 15) is 0 Å². The highest BCUT2D eigenvalue weighted by atomic mass is 14.9. The molecule has 1 aromatic heterocycles. The van der Waals surface area contributed by atoms with Gasteiger partial charge in [-0.25, -0.2) is 4.98 Å². The molecule has 1 aliphatic rings. The van der Waals surface area contributed by atoms with Gasteiger partial charge in [-0.3, -0.25) is 0 Å². The van der Waals surface area contributed by atoms with Crippen LogP contribution in [0.15, 0.2) is 18.2 Å². The van der Waals surface area contributed by atoms with Crippen LogP contribution in [0.25, 0.3) is 0 Å². The second-order valence-electron chi connectivity index (χ2n) is 3.97. The number of hydrogen-bond donors (Lipinski definition) is 2. The molecule has 1 unspecified atom stereocenters. The minimum absolute atomic E-state index is 0.631. The SMILES string of the molecule is Nc1cccc(CC2CCCNC2)n1. The Morgan fingerprint density at radius 2 is 2.43 bits per heavy atom. The molecular weight excluding hydrogens is 174 g/mol. The largest absolute Gasteiger partial charge is 0.384 e. The van der Waals surface area contributed by atoms with E-state index in [1.165, 1.54) is 19.4 Å². The molecule has 0 saturated carbocycles. The van der Waals surface area contributed by atoms with E-state index in [0.717, 1.165) is 24.6 Å². The van der Waals surface area contributed by atoms with Crippen LogP contribution in [-0.2, 0) is 6.42 Å². The number of hydrogen-bond acceptors (Lipinski definition) is 3. The fourth-order valence-corrected chi connectivity index (χ4v) is 2.01. The molecule has 14 heavy (non-hydrogen) atoms. The van der Waals surface area contributed by atoms with Crippen LogP contribution >= 0.6 is 0 Å². The molecule has 3 heteroatoms. The topological polar surface area (TPSA) is 50.9 Å². The first-order chi connectivity index (χ1) is 6.84. The zero-order chi connectivity index (χ0) is 9.80. The minimum Gasteiger partial charge on any atom is -0.384 e. The maximum Gasteiger partial charge on any atom is 0.123 e. The van der Waals surface area contributed by atoms with Gasteiger partial charge in [0.25, 0.3) is 0 Å². The van der Waals surface area contributed by atoms with Crippen LogP contribution in [0.5, 0.6) is 0 Å². The molecule has 0 spiro atoms. The second kappa shape index (κ2) is 4.42. The summed E-state index contributed by atoms with van der Waals surface area (Å²) in [6, 6.07) is 5.88. The lowest BCUT2D eigenvalue weighted by molar-refractivity contribution is 0.374. The van der Waals surface area contributed by atoms with E-state index in [1.807, 2.05) is 12.1 Å². The van der Waals surface area contributed by atoms with Crippen molar-refractivity contribution in [3.63, 3.8) is 0 Å². The maximum atomic E-state index is 5.64. The molecule has 0 aromatic carbocycles. The third kappa shape index (κ3) is 2.45. The molecule has 3 N–H and O–H groups in total. The molecule has 1 aromatic rings. The highest BCUT2D eigenvalue weighted by Gasteiger charge is 2.13. The number of nitrogens with one attached hydrogen (secondary N) is 1. The minimum atomic E-state index is 0.631. The van der Waals surface area contributed by atoms with Gasteiger partial charge in [-0.15, -0.1) is 0 Å². The molecular formula is C11H17N3. The van der Waals surface area contributed by atoms with Crippen LogP contribution in [0, 0.1) is 5.92 Å². The Labute approximate surface area is 84.7 Å². The Bertz CT molecular complexity index is 292. The average molecular weight is 191 g/mol. The summed E-state index contributed by atoms with van der Waals surface area (Å²) in [5, 5.41) is 3.41. The van der Waals surface area contributed by atoms with Gasteiger partial charge >= 0.3 is 0 Å². The lowest BCUT2D eigenvalue weighted by atomic mass is 9.94. The quantitative estimate of drug-likeness (QED) is 0.738. The van der Waals surface area contributed by atoms with Gasteiger partial charge in [0, 0.05) is 5.69 Å². The third-order valence-electron chi connectivity index (χ3n) is 2.73. The summed E-state index contributed by atoms with van der Waals surface area (Å²) in [6.45, 7) is 2.29. The van der Waals surface area contributed by atoms with Crippen LogP contribution in [0.1, 0.15) is 18.5 Å². The Kier molecular flexibility index (Phi) is 2.99. The number of anilines is 1. The van der Waals surface area contributed by atoms with Gasteiger partial charge in [0.15, 0.2) is 0 Å². The first-order valence-corrected chi connectivity index (χ1v) is 5.27. The van der Waals surface area contributed by atoms with Gasteiger partial charge in [0.05, 0.1) is 0 Å². The van der Waals surface area contributed by atoms with Crippen molar-refractivity contribution in [2.24, 2.45) is 5.92 Å². The number of nitrogens with zero attached hydrogens (tertiary/aromatic N) is 1. The summed E-state index contributed by atoms with van der Waals surface area (Å²) in [6.07, 6.45) is 3.65. The summed E-state index contributed by atoms with van der Waals surface area (Å²) in [5.41, 5.74) is 6.76. The molecule has 0 amide bonds. The summed E-state index contributed by atoms with van der Waals surface area (Å²) < 4.78 is 0. The van der Waals surface area contributed by atoms with Crippen LogP contribution in [0.4, 0.5) is 5.82 Å². The van der Waals surface area contributed by atoms with Crippen molar-refractivity contribution in [2.45, 2.75) is 19.3 Å². The fourth-order valence-electron chi connectivity index (χ4n) is 2.01. The van der Waals surface area contributed by atoms with Gasteiger partial charge < -0.3 is 11.1 Å². The molecule has 1 fully saturated rings. The first-order valence-electron chi connectivity index (χ1n) is 5.27. The number of aromatic nitrogens is 1. The second-order valence-corrected chi connectivity index (χ2v) is 3.97. The standard InChI is InChI=1S/C11H17N3/c12-11-5-1-4-10(14-11)7-9-3-2-6-13-8-9/h1,4-5,9,13H,2-3,6-8H2,(H2,12,14). The van der Waals surface area contributed by atoms with E-state index in [-0.39, 0.29) is 0 Å². The highest BCUT2D eigenvalue weighted by molar-refractivity contribution is 5.28. The third-order valence-corrected chi connectivity index (χ3v) is 2.73. The number of nitrogens with two attached hydrogens (primary N) is 1. The number of piperidine rings is 1. The van der Waals surface area contributed by atoms with Crippen LogP contribution in [-0.4, -0.2) is 18.1 Å².